The zero-order valence-electron chi connectivity index (χ0n) is 13.1. The van der Waals surface area contributed by atoms with E-state index in [-0.39, 0.29) is 0 Å². The van der Waals surface area contributed by atoms with Gasteiger partial charge in [0, 0.05) is 11.6 Å². The Hall–Kier alpha value is -2.36. The molecule has 0 bridgehead atoms. The van der Waals surface area contributed by atoms with Crippen molar-refractivity contribution >= 4 is 12.2 Å². The Morgan fingerprint density at radius 3 is 2.24 bits per heavy atom. The van der Waals surface area contributed by atoms with Crippen LogP contribution in [0.2, 0.25) is 0 Å². The molecule has 4 heteroatoms. The average molecular weight is 284 g/mol. The van der Waals surface area contributed by atoms with Crippen molar-refractivity contribution in [1.82, 2.24) is 9.97 Å². The van der Waals surface area contributed by atoms with E-state index < -0.39 is 0 Å². The van der Waals surface area contributed by atoms with Gasteiger partial charge in [0.1, 0.15) is 11.5 Å². The summed E-state index contributed by atoms with van der Waals surface area (Å²) in [7, 11) is 3.28. The highest BCUT2D eigenvalue weighted by Gasteiger charge is 2.04. The molecule has 2 rings (SSSR count). The van der Waals surface area contributed by atoms with E-state index in [9.17, 15) is 0 Å². The molecule has 1 heterocycles. The minimum Gasteiger partial charge on any atom is -0.497 e. The van der Waals surface area contributed by atoms with Crippen LogP contribution in [-0.4, -0.2) is 24.2 Å². The van der Waals surface area contributed by atoms with Crippen molar-refractivity contribution in [2.45, 2.75) is 20.8 Å². The zero-order chi connectivity index (χ0) is 15.4. The van der Waals surface area contributed by atoms with Crippen LogP contribution in [0.5, 0.6) is 11.5 Å². The number of hydrogen-bond acceptors (Lipinski definition) is 4. The minimum absolute atomic E-state index is 0.764. The number of ether oxygens (including phenoxy) is 2. The van der Waals surface area contributed by atoms with Crippen molar-refractivity contribution in [2.75, 3.05) is 14.2 Å². The molecular weight excluding hydrogens is 264 g/mol. The van der Waals surface area contributed by atoms with Gasteiger partial charge in [-0.2, -0.15) is 0 Å². The van der Waals surface area contributed by atoms with E-state index >= 15 is 0 Å². The fourth-order valence-corrected chi connectivity index (χ4v) is 2.01. The average Bonchev–Trinajstić information content (AvgIpc) is 2.49. The van der Waals surface area contributed by atoms with Crippen molar-refractivity contribution in [3.05, 3.63) is 46.5 Å². The van der Waals surface area contributed by atoms with Gasteiger partial charge in [-0.3, -0.25) is 4.98 Å². The molecule has 0 amide bonds. The highest BCUT2D eigenvalue weighted by molar-refractivity contribution is 5.72. The summed E-state index contributed by atoms with van der Waals surface area (Å²) in [6.07, 6.45) is 3.93. The van der Waals surface area contributed by atoms with E-state index in [0.29, 0.717) is 0 Å². The molecule has 0 aliphatic heterocycles. The van der Waals surface area contributed by atoms with Crippen LogP contribution in [0.3, 0.4) is 0 Å². The van der Waals surface area contributed by atoms with Gasteiger partial charge in [-0.1, -0.05) is 0 Å². The summed E-state index contributed by atoms with van der Waals surface area (Å²) >= 11 is 0. The van der Waals surface area contributed by atoms with Gasteiger partial charge >= 0.3 is 0 Å². The highest BCUT2D eigenvalue weighted by Crippen LogP contribution is 2.26. The van der Waals surface area contributed by atoms with Crippen molar-refractivity contribution in [2.24, 2.45) is 0 Å². The molecule has 4 nitrogen and oxygen atoms in total. The van der Waals surface area contributed by atoms with Crippen LogP contribution in [0.4, 0.5) is 0 Å². The lowest BCUT2D eigenvalue weighted by Crippen LogP contribution is -1.98. The van der Waals surface area contributed by atoms with Gasteiger partial charge in [0.2, 0.25) is 0 Å². The third-order valence-electron chi connectivity index (χ3n) is 3.38. The predicted octanol–water partition coefficient (Wildman–Crippen LogP) is 3.59. The quantitative estimate of drug-likeness (QED) is 0.860. The molecule has 1 aromatic carbocycles. The lowest BCUT2D eigenvalue weighted by Gasteiger charge is -2.08. The number of benzene rings is 1. The lowest BCUT2D eigenvalue weighted by molar-refractivity contribution is 0.394. The number of nitrogens with zero attached hydrogens (tertiary/aromatic N) is 2. The maximum Gasteiger partial charge on any atom is 0.129 e. The third kappa shape index (κ3) is 3.40. The van der Waals surface area contributed by atoms with Crippen LogP contribution < -0.4 is 9.47 Å². The van der Waals surface area contributed by atoms with Crippen LogP contribution in [0.25, 0.3) is 12.2 Å². The minimum atomic E-state index is 0.764. The second-order valence-corrected chi connectivity index (χ2v) is 4.81. The van der Waals surface area contributed by atoms with Crippen molar-refractivity contribution < 1.29 is 9.47 Å². The maximum absolute atomic E-state index is 5.38. The summed E-state index contributed by atoms with van der Waals surface area (Å²) < 4.78 is 10.6. The van der Waals surface area contributed by atoms with Gasteiger partial charge in [-0.25, -0.2) is 4.98 Å². The molecule has 2 aromatic rings. The SMILES string of the molecule is COc1ccc(C=Cc2nc(C)c(C)nc2C)c(OC)c1. The molecule has 0 saturated heterocycles. The molecule has 0 aliphatic rings. The first-order valence-corrected chi connectivity index (χ1v) is 6.77. The van der Waals surface area contributed by atoms with Crippen LogP contribution in [0.15, 0.2) is 18.2 Å². The van der Waals surface area contributed by atoms with E-state index in [4.69, 9.17) is 9.47 Å². The molecular formula is C17H20N2O2. The topological polar surface area (TPSA) is 44.2 Å². The van der Waals surface area contributed by atoms with E-state index in [1.807, 2.05) is 51.1 Å². The summed E-state index contributed by atoms with van der Waals surface area (Å²) in [6, 6.07) is 5.72. The van der Waals surface area contributed by atoms with Crippen molar-refractivity contribution in [3.63, 3.8) is 0 Å². The monoisotopic (exact) mass is 284 g/mol. The van der Waals surface area contributed by atoms with E-state index in [1.165, 1.54) is 0 Å². The smallest absolute Gasteiger partial charge is 0.129 e. The number of aromatic nitrogens is 2. The third-order valence-corrected chi connectivity index (χ3v) is 3.38. The predicted molar refractivity (Wildman–Crippen MR) is 84.7 cm³/mol. The van der Waals surface area contributed by atoms with Crippen LogP contribution >= 0.6 is 0 Å². The molecule has 0 saturated carbocycles. The molecule has 0 spiro atoms. The Labute approximate surface area is 125 Å². The summed E-state index contributed by atoms with van der Waals surface area (Å²) in [5, 5.41) is 0. The fraction of sp³-hybridized carbons (Fsp3) is 0.294. The van der Waals surface area contributed by atoms with Crippen LogP contribution in [0.1, 0.15) is 28.3 Å². The van der Waals surface area contributed by atoms with Gasteiger partial charge in [0.05, 0.1) is 37.0 Å². The Balaban J connectivity index is 2.35. The van der Waals surface area contributed by atoms with E-state index in [1.54, 1.807) is 14.2 Å². The van der Waals surface area contributed by atoms with Crippen molar-refractivity contribution in [3.8, 4) is 11.5 Å². The summed E-state index contributed by atoms with van der Waals surface area (Å²) in [4.78, 5) is 9.05. The van der Waals surface area contributed by atoms with E-state index in [2.05, 4.69) is 9.97 Å². The fourth-order valence-electron chi connectivity index (χ4n) is 2.01. The number of rotatable bonds is 4. The van der Waals surface area contributed by atoms with Crippen LogP contribution in [0, 0.1) is 20.8 Å². The van der Waals surface area contributed by atoms with Crippen LogP contribution in [-0.2, 0) is 0 Å². The van der Waals surface area contributed by atoms with Gasteiger partial charge in [-0.15, -0.1) is 0 Å². The summed E-state index contributed by atoms with van der Waals surface area (Å²) in [5.41, 5.74) is 4.67. The summed E-state index contributed by atoms with van der Waals surface area (Å²) in [6.45, 7) is 5.90. The van der Waals surface area contributed by atoms with E-state index in [0.717, 1.165) is 39.8 Å². The molecule has 21 heavy (non-hydrogen) atoms. The molecule has 110 valence electrons. The first-order valence-electron chi connectivity index (χ1n) is 6.77. The van der Waals surface area contributed by atoms with Gasteiger partial charge in [0.25, 0.3) is 0 Å². The van der Waals surface area contributed by atoms with Gasteiger partial charge in [0.15, 0.2) is 0 Å². The first kappa shape index (κ1) is 15.0. The highest BCUT2D eigenvalue weighted by atomic mass is 16.5. The molecule has 0 aliphatic carbocycles. The normalized spacial score (nSPS) is 10.9. The van der Waals surface area contributed by atoms with Crippen molar-refractivity contribution in [1.29, 1.82) is 0 Å². The molecule has 0 fully saturated rings. The Morgan fingerprint density at radius 1 is 0.857 bits per heavy atom. The summed E-state index contributed by atoms with van der Waals surface area (Å²) in [5.74, 6) is 1.53. The molecule has 1 aromatic heterocycles. The zero-order valence-corrected chi connectivity index (χ0v) is 13.1. The molecule has 0 unspecified atom stereocenters. The second kappa shape index (κ2) is 6.39. The second-order valence-electron chi connectivity index (χ2n) is 4.81. The molecule has 0 atom stereocenters. The van der Waals surface area contributed by atoms with Gasteiger partial charge in [-0.05, 0) is 45.1 Å². The molecule has 0 radical (unpaired) electrons. The standard InChI is InChI=1S/C17H20N2O2/c1-11-12(2)19-16(13(3)18-11)9-7-14-6-8-15(20-4)10-17(14)21-5/h6-10H,1-5H3. The Bertz CT molecular complexity index is 679. The first-order chi connectivity index (χ1) is 10.0. The Morgan fingerprint density at radius 2 is 1.57 bits per heavy atom. The number of methoxy groups -OCH3 is 2. The molecule has 0 N–H and O–H groups in total. The largest absolute Gasteiger partial charge is 0.497 e. The maximum atomic E-state index is 5.38. The van der Waals surface area contributed by atoms with Gasteiger partial charge < -0.3 is 9.47 Å². The Kier molecular flexibility index (Phi) is 4.58. The number of hydrogen-bond donors (Lipinski definition) is 0. The number of aryl methyl sites for hydroxylation is 3. The lowest BCUT2D eigenvalue weighted by atomic mass is 10.1.